The van der Waals surface area contributed by atoms with E-state index < -0.39 is 46.8 Å². The molecule has 2 aliphatic heterocycles. The van der Waals surface area contributed by atoms with Crippen molar-refractivity contribution in [2.24, 2.45) is 23.7 Å². The highest BCUT2D eigenvalue weighted by Crippen LogP contribution is 2.64. The standard InChI is InChI=1S/C47H39ClN2O8/c1-56-33-17-21-39(57-2)28(23-33)14-11-27-12-15-31(16-13-27)49-43(52)36-20-19-35-37(41(36)45(49)54)25-38-44(53)50(32-10-6-9-30(48)24-32)46(55)47(38,29-7-4-3-5-8-29)42(35)40-22-18-34(26-51)58-40/h3-19,21-24,36-38,41-42,51H,20,25-26H2,1-2H3/t36-,37+,38-,41-,42+,47+/m0/s1. The van der Waals surface area contributed by atoms with Gasteiger partial charge in [-0.25, -0.2) is 4.90 Å². The van der Waals surface area contributed by atoms with Crippen molar-refractivity contribution in [2.45, 2.75) is 30.8 Å². The summed E-state index contributed by atoms with van der Waals surface area (Å²) in [7, 11) is 3.21. The molecule has 4 amide bonds. The molecular weight excluding hydrogens is 756 g/mol. The van der Waals surface area contributed by atoms with Crippen LogP contribution in [0.25, 0.3) is 12.2 Å². The van der Waals surface area contributed by atoms with Gasteiger partial charge in [-0.2, -0.15) is 0 Å². The Morgan fingerprint density at radius 1 is 0.793 bits per heavy atom. The lowest BCUT2D eigenvalue weighted by atomic mass is 9.50. The minimum atomic E-state index is -1.47. The van der Waals surface area contributed by atoms with Crippen LogP contribution in [0.5, 0.6) is 11.5 Å². The second-order valence-electron chi connectivity index (χ2n) is 15.1. The maximum atomic E-state index is 15.3. The molecule has 1 saturated carbocycles. The van der Waals surface area contributed by atoms with Crippen molar-refractivity contribution in [3.63, 3.8) is 0 Å². The van der Waals surface area contributed by atoms with E-state index in [-0.39, 0.29) is 31.3 Å². The van der Waals surface area contributed by atoms with E-state index in [0.717, 1.165) is 16.7 Å². The van der Waals surface area contributed by atoms with E-state index in [2.05, 4.69) is 0 Å². The van der Waals surface area contributed by atoms with Crippen LogP contribution in [-0.2, 0) is 31.2 Å². The molecule has 292 valence electrons. The lowest BCUT2D eigenvalue weighted by Gasteiger charge is -2.49. The summed E-state index contributed by atoms with van der Waals surface area (Å²) in [5, 5.41) is 10.4. The van der Waals surface area contributed by atoms with Crippen molar-refractivity contribution in [2.75, 3.05) is 24.0 Å². The number of carbonyl (C=O) groups excluding carboxylic acids is 4. The van der Waals surface area contributed by atoms with Gasteiger partial charge in [-0.3, -0.25) is 24.1 Å². The zero-order valence-electron chi connectivity index (χ0n) is 31.7. The van der Waals surface area contributed by atoms with Crippen LogP contribution in [0.2, 0.25) is 5.02 Å². The average molecular weight is 795 g/mol. The number of furan rings is 1. The summed E-state index contributed by atoms with van der Waals surface area (Å²) in [5.74, 6) is -3.19. The van der Waals surface area contributed by atoms with Gasteiger partial charge >= 0.3 is 0 Å². The summed E-state index contributed by atoms with van der Waals surface area (Å²) in [5.41, 5.74) is 2.39. The van der Waals surface area contributed by atoms with Crippen molar-refractivity contribution in [1.82, 2.24) is 0 Å². The SMILES string of the molecule is COc1ccc(OC)c(C=Cc2ccc(N3C(=O)[C@H]4[C@H](CC=C5[C@H]4C[C@H]4C(=O)N(c6cccc(Cl)c6)C(=O)[C@@]4(c4ccccc4)[C@H]5c4ccc(CO)o4)C3=O)cc2)c1. The molecule has 0 bridgehead atoms. The third-order valence-corrected chi connectivity index (χ3v) is 12.6. The van der Waals surface area contributed by atoms with Crippen molar-refractivity contribution in [3.8, 4) is 11.5 Å². The molecule has 58 heavy (non-hydrogen) atoms. The summed E-state index contributed by atoms with van der Waals surface area (Å²) in [6, 6.07) is 32.0. The number of rotatable bonds is 9. The van der Waals surface area contributed by atoms with E-state index in [1.54, 1.807) is 62.8 Å². The van der Waals surface area contributed by atoms with Gasteiger partial charge in [0.15, 0.2) is 0 Å². The van der Waals surface area contributed by atoms with E-state index in [1.807, 2.05) is 78.9 Å². The van der Waals surface area contributed by atoms with Gasteiger partial charge in [-0.05, 0) is 90.6 Å². The minimum Gasteiger partial charge on any atom is -0.497 e. The van der Waals surface area contributed by atoms with Crippen LogP contribution in [-0.4, -0.2) is 43.0 Å². The molecule has 4 aliphatic rings. The number of allylic oxidation sites excluding steroid dienone is 2. The monoisotopic (exact) mass is 794 g/mol. The molecule has 1 N–H and O–H groups in total. The molecule has 1 aromatic heterocycles. The van der Waals surface area contributed by atoms with Crippen LogP contribution < -0.4 is 19.3 Å². The Kier molecular flexibility index (Phi) is 9.41. The molecule has 9 rings (SSSR count). The molecule has 5 aromatic rings. The maximum absolute atomic E-state index is 15.3. The van der Waals surface area contributed by atoms with Crippen LogP contribution in [0.1, 0.15) is 47.0 Å². The molecule has 2 aliphatic carbocycles. The fourth-order valence-corrected chi connectivity index (χ4v) is 10.0. The lowest BCUT2D eigenvalue weighted by Crippen LogP contribution is -2.53. The van der Waals surface area contributed by atoms with Crippen molar-refractivity contribution < 1.29 is 38.2 Å². The van der Waals surface area contributed by atoms with Gasteiger partial charge in [0.2, 0.25) is 23.6 Å². The van der Waals surface area contributed by atoms with Crippen LogP contribution >= 0.6 is 11.6 Å². The van der Waals surface area contributed by atoms with E-state index >= 15 is 4.79 Å². The van der Waals surface area contributed by atoms with Gasteiger partial charge in [-0.1, -0.05) is 83.9 Å². The number of halogens is 1. The van der Waals surface area contributed by atoms with Gasteiger partial charge in [0.25, 0.3) is 0 Å². The fourth-order valence-electron chi connectivity index (χ4n) is 9.83. The molecule has 10 nitrogen and oxygen atoms in total. The van der Waals surface area contributed by atoms with Gasteiger partial charge in [0, 0.05) is 10.6 Å². The number of benzene rings is 4. The zero-order chi connectivity index (χ0) is 40.3. The number of fused-ring (bicyclic) bond motifs is 4. The predicted octanol–water partition coefficient (Wildman–Crippen LogP) is 7.98. The summed E-state index contributed by atoms with van der Waals surface area (Å²) in [6.07, 6.45) is 6.21. The quantitative estimate of drug-likeness (QED) is 0.0905. The molecule has 3 fully saturated rings. The molecule has 6 atom stereocenters. The number of methoxy groups -OCH3 is 2. The zero-order valence-corrected chi connectivity index (χ0v) is 32.5. The van der Waals surface area contributed by atoms with Gasteiger partial charge in [0.05, 0.1) is 49.3 Å². The molecule has 0 radical (unpaired) electrons. The smallest absolute Gasteiger partial charge is 0.246 e. The van der Waals surface area contributed by atoms with Crippen LogP contribution in [0, 0.1) is 23.7 Å². The number of amides is 4. The number of carbonyl (C=O) groups is 4. The predicted molar refractivity (Wildman–Crippen MR) is 218 cm³/mol. The number of ether oxygens (including phenoxy) is 2. The van der Waals surface area contributed by atoms with Crippen LogP contribution in [0.4, 0.5) is 11.4 Å². The Morgan fingerprint density at radius 2 is 1.59 bits per heavy atom. The molecule has 2 saturated heterocycles. The first kappa shape index (κ1) is 37.4. The fraction of sp³-hybridized carbons (Fsp3) is 0.234. The highest BCUT2D eigenvalue weighted by molar-refractivity contribution is 6.32. The second kappa shape index (κ2) is 14.6. The first-order chi connectivity index (χ1) is 28.2. The second-order valence-corrected chi connectivity index (χ2v) is 15.5. The van der Waals surface area contributed by atoms with E-state index in [1.165, 1.54) is 9.80 Å². The van der Waals surface area contributed by atoms with Crippen LogP contribution in [0.15, 0.2) is 125 Å². The summed E-state index contributed by atoms with van der Waals surface area (Å²) in [6.45, 7) is -0.366. The number of imide groups is 2. The molecule has 11 heteroatoms. The van der Waals surface area contributed by atoms with Gasteiger partial charge in [0.1, 0.15) is 35.0 Å². The van der Waals surface area contributed by atoms with E-state index in [9.17, 15) is 19.5 Å². The third kappa shape index (κ3) is 5.73. The lowest BCUT2D eigenvalue weighted by molar-refractivity contribution is -0.127. The largest absolute Gasteiger partial charge is 0.497 e. The van der Waals surface area contributed by atoms with Gasteiger partial charge in [-0.15, -0.1) is 0 Å². The average Bonchev–Trinajstić information content (AvgIpc) is 3.90. The highest BCUT2D eigenvalue weighted by atomic mass is 35.5. The van der Waals surface area contributed by atoms with Gasteiger partial charge < -0.3 is 19.0 Å². The Balaban J connectivity index is 1.11. The Morgan fingerprint density at radius 3 is 2.29 bits per heavy atom. The third-order valence-electron chi connectivity index (χ3n) is 12.3. The molecule has 0 spiro atoms. The number of hydrogen-bond acceptors (Lipinski definition) is 8. The van der Waals surface area contributed by atoms with E-state index in [0.29, 0.717) is 45.0 Å². The Bertz CT molecular complexity index is 2530. The van der Waals surface area contributed by atoms with Crippen molar-refractivity contribution in [3.05, 3.63) is 154 Å². The number of hydrogen-bond donors (Lipinski definition) is 1. The number of aliphatic hydroxyl groups is 1. The first-order valence-electron chi connectivity index (χ1n) is 19.2. The molecule has 0 unspecified atom stereocenters. The Labute approximate surface area is 339 Å². The maximum Gasteiger partial charge on any atom is 0.246 e. The van der Waals surface area contributed by atoms with Crippen molar-refractivity contribution in [1.29, 1.82) is 0 Å². The summed E-state index contributed by atoms with van der Waals surface area (Å²) < 4.78 is 17.2. The molecular formula is C47H39ClN2O8. The summed E-state index contributed by atoms with van der Waals surface area (Å²) >= 11 is 6.41. The van der Waals surface area contributed by atoms with Crippen molar-refractivity contribution >= 4 is 58.8 Å². The molecule has 3 heterocycles. The number of aliphatic hydroxyl groups excluding tert-OH is 1. The highest BCUT2D eigenvalue weighted by Gasteiger charge is 2.71. The number of nitrogens with zero attached hydrogens (tertiary/aromatic N) is 2. The summed E-state index contributed by atoms with van der Waals surface area (Å²) in [4.78, 5) is 61.7. The number of anilines is 2. The topological polar surface area (TPSA) is 127 Å². The van der Waals surface area contributed by atoms with E-state index in [4.69, 9.17) is 25.5 Å². The minimum absolute atomic E-state index is 0.151. The Hall–Kier alpha value is -6.23. The molecule has 4 aromatic carbocycles. The van der Waals surface area contributed by atoms with Crippen LogP contribution in [0.3, 0.4) is 0 Å². The first-order valence-corrected chi connectivity index (χ1v) is 19.5. The normalized spacial score (nSPS) is 25.2.